The number of aryl methyl sites for hydroxylation is 2. The summed E-state index contributed by atoms with van der Waals surface area (Å²) in [4.78, 5) is 4.73. The molecule has 102 valence electrons. The first-order chi connectivity index (χ1) is 9.21. The zero-order valence-electron chi connectivity index (χ0n) is 12.2. The van der Waals surface area contributed by atoms with Crippen molar-refractivity contribution in [1.82, 2.24) is 4.98 Å². The molecule has 0 aliphatic carbocycles. The number of anilines is 1. The Morgan fingerprint density at radius 1 is 1.26 bits per heavy atom. The summed E-state index contributed by atoms with van der Waals surface area (Å²) >= 11 is 0. The van der Waals surface area contributed by atoms with E-state index in [9.17, 15) is 0 Å². The summed E-state index contributed by atoms with van der Waals surface area (Å²) in [7, 11) is 1.70. The summed E-state index contributed by atoms with van der Waals surface area (Å²) in [6.07, 6.45) is 2.03. The molecule has 19 heavy (non-hydrogen) atoms. The number of hydrogen-bond acceptors (Lipinski definition) is 3. The van der Waals surface area contributed by atoms with Gasteiger partial charge in [0.2, 0.25) is 0 Å². The van der Waals surface area contributed by atoms with E-state index in [2.05, 4.69) is 38.2 Å². The average molecular weight is 258 g/mol. The van der Waals surface area contributed by atoms with Gasteiger partial charge in [0.15, 0.2) is 0 Å². The lowest BCUT2D eigenvalue weighted by Gasteiger charge is -2.14. The highest BCUT2D eigenvalue weighted by atomic mass is 16.5. The van der Waals surface area contributed by atoms with Crippen molar-refractivity contribution in [3.05, 3.63) is 29.5 Å². The third-order valence-corrected chi connectivity index (χ3v) is 3.33. The number of pyridine rings is 1. The molecule has 0 bridgehead atoms. The van der Waals surface area contributed by atoms with Crippen LogP contribution in [0.2, 0.25) is 0 Å². The summed E-state index contributed by atoms with van der Waals surface area (Å²) in [6.45, 7) is 7.38. The third-order valence-electron chi connectivity index (χ3n) is 3.33. The summed E-state index contributed by atoms with van der Waals surface area (Å²) in [5.41, 5.74) is 4.44. The molecule has 0 radical (unpaired) electrons. The molecule has 0 unspecified atom stereocenters. The lowest BCUT2D eigenvalue weighted by atomic mass is 10.1. The number of rotatable bonds is 5. The Morgan fingerprint density at radius 3 is 2.68 bits per heavy atom. The fourth-order valence-electron chi connectivity index (χ4n) is 2.28. The molecule has 1 N–H and O–H groups in total. The van der Waals surface area contributed by atoms with Crippen LogP contribution in [-0.4, -0.2) is 18.6 Å². The maximum Gasteiger partial charge on any atom is 0.145 e. The number of methoxy groups -OCH3 is 1. The molecule has 1 aromatic carbocycles. The fraction of sp³-hybridized carbons (Fsp3) is 0.438. The van der Waals surface area contributed by atoms with Crippen LogP contribution < -0.4 is 10.1 Å². The molecule has 0 aliphatic rings. The van der Waals surface area contributed by atoms with Crippen LogP contribution in [0, 0.1) is 6.92 Å². The Labute approximate surface area is 115 Å². The second-order valence-electron chi connectivity index (χ2n) is 4.75. The second-order valence-corrected chi connectivity index (χ2v) is 4.75. The van der Waals surface area contributed by atoms with E-state index in [0.29, 0.717) is 0 Å². The first kappa shape index (κ1) is 13.7. The largest absolute Gasteiger partial charge is 0.494 e. The molecule has 0 atom stereocenters. The lowest BCUT2D eigenvalue weighted by Crippen LogP contribution is -2.04. The van der Waals surface area contributed by atoms with Crippen LogP contribution in [-0.2, 0) is 6.42 Å². The standard InChI is InChI=1S/C16H22N2O/c1-5-9-17-13-10-12(6-2)18-16-14(19-4)8-7-11(3)15(13)16/h7-8,10H,5-6,9H2,1-4H3,(H,17,18). The Hall–Kier alpha value is -1.77. The normalized spacial score (nSPS) is 10.7. The molecule has 1 heterocycles. The molecule has 0 saturated carbocycles. The molecule has 0 aliphatic heterocycles. The van der Waals surface area contributed by atoms with Gasteiger partial charge in [-0.25, -0.2) is 4.98 Å². The molecule has 0 fully saturated rings. The van der Waals surface area contributed by atoms with Gasteiger partial charge in [-0.15, -0.1) is 0 Å². The van der Waals surface area contributed by atoms with Crippen molar-refractivity contribution in [2.24, 2.45) is 0 Å². The minimum absolute atomic E-state index is 0.843. The van der Waals surface area contributed by atoms with Gasteiger partial charge in [-0.1, -0.05) is 19.9 Å². The predicted molar refractivity (Wildman–Crippen MR) is 81.2 cm³/mol. The summed E-state index contributed by atoms with van der Waals surface area (Å²) in [6, 6.07) is 6.24. The number of nitrogens with one attached hydrogen (secondary N) is 1. The summed E-state index contributed by atoms with van der Waals surface area (Å²) in [5.74, 6) is 0.843. The van der Waals surface area contributed by atoms with E-state index in [-0.39, 0.29) is 0 Å². The van der Waals surface area contributed by atoms with Crippen molar-refractivity contribution >= 4 is 16.6 Å². The second kappa shape index (κ2) is 5.91. The maximum absolute atomic E-state index is 5.45. The van der Waals surface area contributed by atoms with Gasteiger partial charge in [0.25, 0.3) is 0 Å². The molecule has 0 saturated heterocycles. The van der Waals surface area contributed by atoms with Crippen LogP contribution in [0.5, 0.6) is 5.75 Å². The lowest BCUT2D eigenvalue weighted by molar-refractivity contribution is 0.418. The number of benzene rings is 1. The smallest absolute Gasteiger partial charge is 0.145 e. The van der Waals surface area contributed by atoms with Gasteiger partial charge in [-0.05, 0) is 37.5 Å². The molecular weight excluding hydrogens is 236 g/mol. The van der Waals surface area contributed by atoms with E-state index in [1.165, 1.54) is 16.6 Å². The van der Waals surface area contributed by atoms with Gasteiger partial charge < -0.3 is 10.1 Å². The molecule has 2 aromatic rings. The monoisotopic (exact) mass is 258 g/mol. The molecule has 3 heteroatoms. The zero-order valence-corrected chi connectivity index (χ0v) is 12.2. The van der Waals surface area contributed by atoms with Gasteiger partial charge in [0.05, 0.1) is 7.11 Å². The molecule has 2 rings (SSSR count). The molecule has 0 amide bonds. The molecule has 3 nitrogen and oxygen atoms in total. The maximum atomic E-state index is 5.45. The van der Waals surface area contributed by atoms with Crippen LogP contribution in [0.15, 0.2) is 18.2 Å². The van der Waals surface area contributed by atoms with Gasteiger partial charge in [0.1, 0.15) is 11.3 Å². The van der Waals surface area contributed by atoms with Crippen molar-refractivity contribution in [3.63, 3.8) is 0 Å². The Balaban J connectivity index is 2.70. The summed E-state index contributed by atoms with van der Waals surface area (Å²) < 4.78 is 5.45. The van der Waals surface area contributed by atoms with Crippen LogP contribution >= 0.6 is 0 Å². The quantitative estimate of drug-likeness (QED) is 0.882. The first-order valence-corrected chi connectivity index (χ1v) is 6.92. The van der Waals surface area contributed by atoms with Crippen LogP contribution in [0.25, 0.3) is 10.9 Å². The van der Waals surface area contributed by atoms with E-state index < -0.39 is 0 Å². The minimum Gasteiger partial charge on any atom is -0.494 e. The SMILES string of the molecule is CCCNc1cc(CC)nc2c(OC)ccc(C)c12. The average Bonchev–Trinajstić information content (AvgIpc) is 2.44. The van der Waals surface area contributed by atoms with E-state index in [1.54, 1.807) is 7.11 Å². The van der Waals surface area contributed by atoms with E-state index in [4.69, 9.17) is 9.72 Å². The number of aromatic nitrogens is 1. The van der Waals surface area contributed by atoms with Gasteiger partial charge in [0, 0.05) is 23.3 Å². The Morgan fingerprint density at radius 2 is 2.05 bits per heavy atom. The van der Waals surface area contributed by atoms with Crippen molar-refractivity contribution < 1.29 is 4.74 Å². The third kappa shape index (κ3) is 2.65. The number of fused-ring (bicyclic) bond motifs is 1. The van der Waals surface area contributed by atoms with Crippen molar-refractivity contribution in [3.8, 4) is 5.75 Å². The van der Waals surface area contributed by atoms with Crippen molar-refractivity contribution in [1.29, 1.82) is 0 Å². The summed E-state index contributed by atoms with van der Waals surface area (Å²) in [5, 5.41) is 4.68. The van der Waals surface area contributed by atoms with Gasteiger partial charge in [-0.2, -0.15) is 0 Å². The van der Waals surface area contributed by atoms with Gasteiger partial charge >= 0.3 is 0 Å². The van der Waals surface area contributed by atoms with Crippen LogP contribution in [0.1, 0.15) is 31.5 Å². The van der Waals surface area contributed by atoms with Crippen molar-refractivity contribution in [2.45, 2.75) is 33.6 Å². The first-order valence-electron chi connectivity index (χ1n) is 6.92. The van der Waals surface area contributed by atoms with Crippen molar-refractivity contribution in [2.75, 3.05) is 19.0 Å². The van der Waals surface area contributed by atoms with E-state index >= 15 is 0 Å². The molecule has 1 aromatic heterocycles. The highest BCUT2D eigenvalue weighted by molar-refractivity contribution is 5.97. The number of ether oxygens (including phenoxy) is 1. The fourth-order valence-corrected chi connectivity index (χ4v) is 2.28. The molecular formula is C16H22N2O. The molecule has 0 spiro atoms. The van der Waals surface area contributed by atoms with E-state index in [0.717, 1.165) is 36.3 Å². The van der Waals surface area contributed by atoms with Crippen LogP contribution in [0.3, 0.4) is 0 Å². The topological polar surface area (TPSA) is 34.2 Å². The highest BCUT2D eigenvalue weighted by Gasteiger charge is 2.11. The Kier molecular flexibility index (Phi) is 4.25. The predicted octanol–water partition coefficient (Wildman–Crippen LogP) is 3.94. The number of hydrogen-bond donors (Lipinski definition) is 1. The highest BCUT2D eigenvalue weighted by Crippen LogP contribution is 2.32. The zero-order chi connectivity index (χ0) is 13.8. The van der Waals surface area contributed by atoms with E-state index in [1.807, 2.05) is 6.07 Å². The number of nitrogens with zero attached hydrogens (tertiary/aromatic N) is 1. The van der Waals surface area contributed by atoms with Crippen LogP contribution in [0.4, 0.5) is 5.69 Å². The Bertz CT molecular complexity index is 578. The van der Waals surface area contributed by atoms with Gasteiger partial charge in [-0.3, -0.25) is 0 Å². The minimum atomic E-state index is 0.843.